The zero-order chi connectivity index (χ0) is 15.8. The Balaban J connectivity index is 2.47. The van der Waals surface area contributed by atoms with E-state index >= 15 is 0 Å². The van der Waals surface area contributed by atoms with Crippen molar-refractivity contribution in [1.82, 2.24) is 0 Å². The van der Waals surface area contributed by atoms with Crippen LogP contribution in [0.25, 0.3) is 0 Å². The van der Waals surface area contributed by atoms with E-state index in [2.05, 4.69) is 15.9 Å². The Morgan fingerprint density at radius 1 is 1.19 bits per heavy atom. The van der Waals surface area contributed by atoms with Crippen LogP contribution in [0.5, 0.6) is 0 Å². The summed E-state index contributed by atoms with van der Waals surface area (Å²) in [6.45, 7) is 1.41. The normalized spacial score (nSPS) is 11.4. The number of rotatable bonds is 3. The molecule has 0 fully saturated rings. The fourth-order valence-electron chi connectivity index (χ4n) is 1.62. The number of hydrogen-bond donors (Lipinski definition) is 2. The summed E-state index contributed by atoms with van der Waals surface area (Å²) in [7, 11) is -4.13. The van der Waals surface area contributed by atoms with Gasteiger partial charge in [-0.3, -0.25) is 4.72 Å². The largest absolute Gasteiger partial charge is 0.398 e. The van der Waals surface area contributed by atoms with Gasteiger partial charge >= 0.3 is 0 Å². The molecule has 2 rings (SSSR count). The lowest BCUT2D eigenvalue weighted by molar-refractivity contribution is 0.579. The Hall–Kier alpha value is -1.67. The first-order valence-electron chi connectivity index (χ1n) is 5.75. The van der Waals surface area contributed by atoms with Crippen molar-refractivity contribution < 1.29 is 17.2 Å². The Morgan fingerprint density at radius 3 is 2.48 bits per heavy atom. The molecule has 0 aliphatic heterocycles. The van der Waals surface area contributed by atoms with Crippen molar-refractivity contribution in [1.29, 1.82) is 0 Å². The van der Waals surface area contributed by atoms with Gasteiger partial charge in [0.1, 0.15) is 11.5 Å². The summed E-state index contributed by atoms with van der Waals surface area (Å²) in [6, 6.07) is 6.09. The van der Waals surface area contributed by atoms with Crippen LogP contribution in [0.4, 0.5) is 20.2 Å². The molecule has 0 atom stereocenters. The van der Waals surface area contributed by atoms with E-state index in [9.17, 15) is 17.2 Å². The van der Waals surface area contributed by atoms with Crippen molar-refractivity contribution in [2.75, 3.05) is 10.5 Å². The molecule has 0 saturated heterocycles. The molecule has 3 N–H and O–H groups in total. The van der Waals surface area contributed by atoms with Gasteiger partial charge in [-0.15, -0.1) is 0 Å². The molecule has 0 unspecified atom stereocenters. The Morgan fingerprint density at radius 2 is 1.86 bits per heavy atom. The van der Waals surface area contributed by atoms with E-state index in [-0.39, 0.29) is 10.5 Å². The maximum Gasteiger partial charge on any atom is 0.262 e. The number of sulfonamides is 1. The summed E-state index contributed by atoms with van der Waals surface area (Å²) in [5, 5.41) is 0. The average Bonchev–Trinajstić information content (AvgIpc) is 2.42. The number of aryl methyl sites for hydroxylation is 1. The van der Waals surface area contributed by atoms with Crippen molar-refractivity contribution in [2.24, 2.45) is 0 Å². The van der Waals surface area contributed by atoms with E-state index in [1.807, 2.05) is 4.72 Å². The lowest BCUT2D eigenvalue weighted by Crippen LogP contribution is -2.15. The van der Waals surface area contributed by atoms with Crippen LogP contribution in [0.1, 0.15) is 5.56 Å². The molecule has 2 aromatic carbocycles. The maximum atomic E-state index is 13.9. The van der Waals surface area contributed by atoms with Crippen molar-refractivity contribution >= 4 is 37.3 Å². The minimum Gasteiger partial charge on any atom is -0.398 e. The molecule has 0 amide bonds. The fourth-order valence-corrected chi connectivity index (χ4v) is 3.24. The predicted octanol–water partition coefficient (Wildman–Crippen LogP) is 3.42. The summed E-state index contributed by atoms with van der Waals surface area (Å²) >= 11 is 3.10. The highest BCUT2D eigenvalue weighted by Gasteiger charge is 2.20. The van der Waals surface area contributed by atoms with Crippen molar-refractivity contribution in [2.45, 2.75) is 11.8 Å². The summed E-state index contributed by atoms with van der Waals surface area (Å²) in [5.74, 6) is -1.94. The van der Waals surface area contributed by atoms with Crippen LogP contribution in [-0.2, 0) is 10.0 Å². The second kappa shape index (κ2) is 5.61. The van der Waals surface area contributed by atoms with E-state index in [1.54, 1.807) is 0 Å². The molecule has 0 radical (unpaired) electrons. The van der Waals surface area contributed by atoms with E-state index < -0.39 is 27.3 Å². The molecular weight excluding hydrogens is 366 g/mol. The lowest BCUT2D eigenvalue weighted by Gasteiger charge is -2.12. The Kier molecular flexibility index (Phi) is 4.20. The molecule has 21 heavy (non-hydrogen) atoms. The predicted molar refractivity (Wildman–Crippen MR) is 80.5 cm³/mol. The van der Waals surface area contributed by atoms with Crippen molar-refractivity contribution in [3.05, 3.63) is 52.0 Å². The first-order valence-corrected chi connectivity index (χ1v) is 8.02. The van der Waals surface area contributed by atoms with Gasteiger partial charge in [0.05, 0.1) is 4.90 Å². The number of halogens is 3. The van der Waals surface area contributed by atoms with Gasteiger partial charge in [-0.2, -0.15) is 0 Å². The molecule has 112 valence electrons. The van der Waals surface area contributed by atoms with Gasteiger partial charge in [0.25, 0.3) is 10.0 Å². The standard InChI is InChI=1S/C13H11BrF2N2O2S/c1-7-2-4-10(15)13(12(7)16)18-21(19,20)8-3-5-11(17)9(14)6-8/h2-6,18H,17H2,1H3. The van der Waals surface area contributed by atoms with Gasteiger partial charge in [0.2, 0.25) is 0 Å². The van der Waals surface area contributed by atoms with Crippen LogP contribution in [0.3, 0.4) is 0 Å². The van der Waals surface area contributed by atoms with Gasteiger partial charge in [-0.25, -0.2) is 17.2 Å². The molecular formula is C13H11BrF2N2O2S. The zero-order valence-corrected chi connectivity index (χ0v) is 13.2. The SMILES string of the molecule is Cc1ccc(F)c(NS(=O)(=O)c2ccc(N)c(Br)c2)c1F. The summed E-state index contributed by atoms with van der Waals surface area (Å²) in [5.41, 5.74) is 5.35. The molecule has 0 aliphatic carbocycles. The molecule has 0 bridgehead atoms. The molecule has 4 nitrogen and oxygen atoms in total. The molecule has 8 heteroatoms. The monoisotopic (exact) mass is 376 g/mol. The number of benzene rings is 2. The molecule has 0 aliphatic rings. The van der Waals surface area contributed by atoms with Gasteiger partial charge < -0.3 is 5.73 Å². The average molecular weight is 377 g/mol. The van der Waals surface area contributed by atoms with Crippen LogP contribution in [-0.4, -0.2) is 8.42 Å². The highest BCUT2D eigenvalue weighted by atomic mass is 79.9. The molecule has 0 spiro atoms. The molecule has 0 aromatic heterocycles. The maximum absolute atomic E-state index is 13.9. The van der Waals surface area contributed by atoms with Gasteiger partial charge in [-0.1, -0.05) is 6.07 Å². The van der Waals surface area contributed by atoms with E-state index in [1.165, 1.54) is 31.2 Å². The van der Waals surface area contributed by atoms with Gasteiger partial charge in [0, 0.05) is 10.2 Å². The van der Waals surface area contributed by atoms with Crippen LogP contribution < -0.4 is 10.5 Å². The molecule has 0 heterocycles. The zero-order valence-electron chi connectivity index (χ0n) is 10.8. The number of nitrogens with one attached hydrogen (secondary N) is 1. The highest BCUT2D eigenvalue weighted by molar-refractivity contribution is 9.10. The van der Waals surface area contributed by atoms with Crippen LogP contribution >= 0.6 is 15.9 Å². The quantitative estimate of drug-likeness (QED) is 0.806. The minimum atomic E-state index is -4.13. The third-order valence-corrected chi connectivity index (χ3v) is 4.84. The topological polar surface area (TPSA) is 72.2 Å². The van der Waals surface area contributed by atoms with E-state index in [0.29, 0.717) is 10.2 Å². The highest BCUT2D eigenvalue weighted by Crippen LogP contribution is 2.27. The van der Waals surface area contributed by atoms with E-state index in [0.717, 1.165) is 6.07 Å². The third kappa shape index (κ3) is 3.16. The summed E-state index contributed by atoms with van der Waals surface area (Å²) in [4.78, 5) is -0.163. The minimum absolute atomic E-state index is 0.132. The van der Waals surface area contributed by atoms with E-state index in [4.69, 9.17) is 5.73 Å². The Bertz CT molecular complexity index is 810. The van der Waals surface area contributed by atoms with Crippen LogP contribution in [0, 0.1) is 18.6 Å². The number of anilines is 2. The number of hydrogen-bond acceptors (Lipinski definition) is 3. The smallest absolute Gasteiger partial charge is 0.262 e. The first-order chi connectivity index (χ1) is 9.72. The number of nitrogens with two attached hydrogens (primary N) is 1. The van der Waals surface area contributed by atoms with Crippen LogP contribution in [0.2, 0.25) is 0 Å². The Labute approximate surface area is 129 Å². The van der Waals surface area contributed by atoms with Crippen molar-refractivity contribution in [3.8, 4) is 0 Å². The second-order valence-corrected chi connectivity index (χ2v) is 6.88. The van der Waals surface area contributed by atoms with Gasteiger partial charge in [-0.05, 0) is 52.7 Å². The summed E-state index contributed by atoms with van der Waals surface area (Å²) in [6.07, 6.45) is 0. The number of nitrogen functional groups attached to an aromatic ring is 1. The third-order valence-electron chi connectivity index (χ3n) is 2.80. The fraction of sp³-hybridized carbons (Fsp3) is 0.0769. The summed E-state index contributed by atoms with van der Waals surface area (Å²) < 4.78 is 54.1. The molecule has 2 aromatic rings. The van der Waals surface area contributed by atoms with Crippen molar-refractivity contribution in [3.63, 3.8) is 0 Å². The lowest BCUT2D eigenvalue weighted by atomic mass is 10.2. The first kappa shape index (κ1) is 15.7. The molecule has 0 saturated carbocycles. The second-order valence-electron chi connectivity index (χ2n) is 4.34. The van der Waals surface area contributed by atoms with Crippen LogP contribution in [0.15, 0.2) is 39.7 Å². The van der Waals surface area contributed by atoms with Gasteiger partial charge in [0.15, 0.2) is 5.82 Å².